The number of benzene rings is 1. The Morgan fingerprint density at radius 3 is 2.87 bits per heavy atom. The Kier molecular flexibility index (Phi) is 5.72. The molecule has 9 heteroatoms. The van der Waals surface area contributed by atoms with E-state index in [-0.39, 0.29) is 37.5 Å². The third-order valence-electron chi connectivity index (χ3n) is 5.95. The summed E-state index contributed by atoms with van der Waals surface area (Å²) in [6.07, 6.45) is 0.919. The SMILES string of the molecule is C[C@@H]1CCOC1COC(=O)NCc1ccc2c(c1)C(=O)N(C1CCC(=O)NC1=O)C2. The predicted molar refractivity (Wildman–Crippen MR) is 104 cm³/mol. The van der Waals surface area contributed by atoms with Crippen LogP contribution in [0.5, 0.6) is 0 Å². The molecule has 4 rings (SSSR count). The number of fused-ring (bicyclic) bond motifs is 1. The standard InChI is InChI=1S/C21H25N3O6/c1-12-6-7-29-17(12)11-30-21(28)22-9-13-2-3-14-10-24(20(27)15(14)8-13)16-4-5-18(25)23-19(16)26/h2-3,8,12,16-17H,4-7,9-11H2,1H3,(H,22,28)(H,23,25,26)/t12-,16?,17?/m1/s1. The molecule has 3 aliphatic heterocycles. The van der Waals surface area contributed by atoms with Crippen molar-refractivity contribution in [2.75, 3.05) is 13.2 Å². The number of nitrogens with zero attached hydrogens (tertiary/aromatic N) is 1. The van der Waals surface area contributed by atoms with E-state index in [9.17, 15) is 19.2 Å². The van der Waals surface area contributed by atoms with Crippen molar-refractivity contribution in [3.63, 3.8) is 0 Å². The molecule has 30 heavy (non-hydrogen) atoms. The molecule has 3 aliphatic rings. The summed E-state index contributed by atoms with van der Waals surface area (Å²) in [6, 6.07) is 4.75. The highest BCUT2D eigenvalue weighted by Gasteiger charge is 2.39. The molecule has 0 aliphatic carbocycles. The van der Waals surface area contributed by atoms with Gasteiger partial charge in [0.05, 0.1) is 6.10 Å². The van der Waals surface area contributed by atoms with Crippen LogP contribution in [0.1, 0.15) is 47.7 Å². The molecule has 2 fully saturated rings. The van der Waals surface area contributed by atoms with Crippen molar-refractivity contribution in [2.24, 2.45) is 5.92 Å². The Hall–Kier alpha value is -2.94. The van der Waals surface area contributed by atoms with Crippen molar-refractivity contribution >= 4 is 23.8 Å². The number of carbonyl (C=O) groups is 4. The minimum absolute atomic E-state index is 0.0633. The maximum atomic E-state index is 12.8. The largest absolute Gasteiger partial charge is 0.447 e. The Labute approximate surface area is 174 Å². The maximum absolute atomic E-state index is 12.8. The molecule has 160 valence electrons. The number of hydrogen-bond acceptors (Lipinski definition) is 6. The quantitative estimate of drug-likeness (QED) is 0.696. The lowest BCUT2D eigenvalue weighted by Crippen LogP contribution is -2.52. The molecular formula is C21H25N3O6. The van der Waals surface area contributed by atoms with Crippen molar-refractivity contribution in [1.29, 1.82) is 0 Å². The average Bonchev–Trinajstić information content (AvgIpc) is 3.28. The van der Waals surface area contributed by atoms with Crippen molar-refractivity contribution in [2.45, 2.75) is 51.4 Å². The summed E-state index contributed by atoms with van der Waals surface area (Å²) < 4.78 is 10.7. The van der Waals surface area contributed by atoms with Crippen LogP contribution in [0.3, 0.4) is 0 Å². The lowest BCUT2D eigenvalue weighted by molar-refractivity contribution is -0.136. The topological polar surface area (TPSA) is 114 Å². The smallest absolute Gasteiger partial charge is 0.407 e. The van der Waals surface area contributed by atoms with Gasteiger partial charge in [-0.05, 0) is 36.0 Å². The van der Waals surface area contributed by atoms with Gasteiger partial charge in [-0.2, -0.15) is 0 Å². The lowest BCUT2D eigenvalue weighted by Gasteiger charge is -2.29. The summed E-state index contributed by atoms with van der Waals surface area (Å²) in [7, 11) is 0. The molecule has 0 aromatic heterocycles. The van der Waals surface area contributed by atoms with Crippen LogP contribution in [0, 0.1) is 5.92 Å². The van der Waals surface area contributed by atoms with Gasteiger partial charge in [0.2, 0.25) is 11.8 Å². The fourth-order valence-corrected chi connectivity index (χ4v) is 4.06. The summed E-state index contributed by atoms with van der Waals surface area (Å²) in [5.41, 5.74) is 2.10. The van der Waals surface area contributed by atoms with Gasteiger partial charge in [0.25, 0.3) is 5.91 Å². The minimum atomic E-state index is -0.639. The Balaban J connectivity index is 1.32. The molecule has 3 atom stereocenters. The van der Waals surface area contributed by atoms with Crippen molar-refractivity contribution in [3.8, 4) is 0 Å². The first-order valence-electron chi connectivity index (χ1n) is 10.2. The van der Waals surface area contributed by atoms with E-state index in [0.717, 1.165) is 17.5 Å². The van der Waals surface area contributed by atoms with Gasteiger partial charge in [0.15, 0.2) is 0 Å². The number of nitrogens with one attached hydrogen (secondary N) is 2. The van der Waals surface area contributed by atoms with Crippen molar-refractivity contribution in [3.05, 3.63) is 34.9 Å². The monoisotopic (exact) mass is 415 g/mol. The van der Waals surface area contributed by atoms with Gasteiger partial charge < -0.3 is 19.7 Å². The summed E-state index contributed by atoms with van der Waals surface area (Å²) in [6.45, 7) is 3.53. The van der Waals surface area contributed by atoms with Gasteiger partial charge in [-0.1, -0.05) is 19.1 Å². The van der Waals surface area contributed by atoms with E-state index in [1.807, 2.05) is 12.1 Å². The van der Waals surface area contributed by atoms with E-state index in [2.05, 4.69) is 17.6 Å². The maximum Gasteiger partial charge on any atom is 0.407 e. The zero-order valence-corrected chi connectivity index (χ0v) is 16.8. The van der Waals surface area contributed by atoms with Crippen LogP contribution in [0.25, 0.3) is 0 Å². The first kappa shape index (κ1) is 20.3. The van der Waals surface area contributed by atoms with Gasteiger partial charge in [0.1, 0.15) is 12.6 Å². The highest BCUT2D eigenvalue weighted by Crippen LogP contribution is 2.28. The van der Waals surface area contributed by atoms with Gasteiger partial charge in [-0.15, -0.1) is 0 Å². The van der Waals surface area contributed by atoms with E-state index in [1.54, 1.807) is 6.07 Å². The molecule has 9 nitrogen and oxygen atoms in total. The lowest BCUT2D eigenvalue weighted by atomic mass is 10.0. The van der Waals surface area contributed by atoms with E-state index >= 15 is 0 Å². The number of alkyl carbamates (subject to hydrolysis) is 1. The average molecular weight is 415 g/mol. The summed E-state index contributed by atoms with van der Waals surface area (Å²) in [5, 5.41) is 4.98. The molecule has 1 aromatic carbocycles. The number of imide groups is 1. The minimum Gasteiger partial charge on any atom is -0.447 e. The first-order valence-corrected chi connectivity index (χ1v) is 10.2. The molecule has 0 radical (unpaired) electrons. The van der Waals surface area contributed by atoms with Crippen LogP contribution in [0.15, 0.2) is 18.2 Å². The number of hydrogen-bond donors (Lipinski definition) is 2. The number of carbonyl (C=O) groups excluding carboxylic acids is 4. The zero-order valence-electron chi connectivity index (χ0n) is 16.8. The summed E-state index contributed by atoms with van der Waals surface area (Å²) >= 11 is 0. The van der Waals surface area contributed by atoms with Crippen LogP contribution in [-0.4, -0.2) is 54.1 Å². The van der Waals surface area contributed by atoms with Crippen LogP contribution in [0.2, 0.25) is 0 Å². The van der Waals surface area contributed by atoms with Crippen LogP contribution in [0.4, 0.5) is 4.79 Å². The molecule has 3 heterocycles. The molecule has 4 amide bonds. The van der Waals surface area contributed by atoms with Gasteiger partial charge >= 0.3 is 6.09 Å². The highest BCUT2D eigenvalue weighted by molar-refractivity contribution is 6.05. The fraction of sp³-hybridized carbons (Fsp3) is 0.524. The second kappa shape index (κ2) is 8.43. The molecule has 1 aromatic rings. The third kappa shape index (κ3) is 4.16. The molecule has 0 bridgehead atoms. The summed E-state index contributed by atoms with van der Waals surface area (Å²) in [4.78, 5) is 49.8. The zero-order chi connectivity index (χ0) is 21.3. The molecule has 0 spiro atoms. The number of amides is 4. The molecular weight excluding hydrogens is 390 g/mol. The predicted octanol–water partition coefficient (Wildman–Crippen LogP) is 1.10. The number of piperidine rings is 1. The van der Waals surface area contributed by atoms with E-state index in [0.29, 0.717) is 31.1 Å². The normalized spacial score (nSPS) is 25.8. The number of ether oxygens (including phenoxy) is 2. The van der Waals surface area contributed by atoms with Crippen LogP contribution >= 0.6 is 0 Å². The number of rotatable bonds is 5. The highest BCUT2D eigenvalue weighted by atomic mass is 16.6. The van der Waals surface area contributed by atoms with Crippen LogP contribution in [-0.2, 0) is 32.2 Å². The van der Waals surface area contributed by atoms with Gasteiger partial charge in [0, 0.05) is 31.7 Å². The third-order valence-corrected chi connectivity index (χ3v) is 5.95. The Morgan fingerprint density at radius 2 is 2.13 bits per heavy atom. The Morgan fingerprint density at radius 1 is 1.30 bits per heavy atom. The Bertz CT molecular complexity index is 885. The van der Waals surface area contributed by atoms with Crippen molar-refractivity contribution in [1.82, 2.24) is 15.5 Å². The van der Waals surface area contributed by atoms with Crippen molar-refractivity contribution < 1.29 is 28.7 Å². The molecule has 0 saturated carbocycles. The second-order valence-corrected chi connectivity index (χ2v) is 8.02. The van der Waals surface area contributed by atoms with E-state index < -0.39 is 18.0 Å². The molecule has 2 unspecified atom stereocenters. The first-order chi connectivity index (χ1) is 14.4. The molecule has 2 saturated heterocycles. The van der Waals surface area contributed by atoms with Crippen LogP contribution < -0.4 is 10.6 Å². The molecule has 2 N–H and O–H groups in total. The van der Waals surface area contributed by atoms with Gasteiger partial charge in [-0.3, -0.25) is 19.7 Å². The summed E-state index contributed by atoms with van der Waals surface area (Å²) in [5.74, 6) is -0.614. The van der Waals surface area contributed by atoms with Gasteiger partial charge in [-0.25, -0.2) is 4.79 Å². The fourth-order valence-electron chi connectivity index (χ4n) is 4.06. The van der Waals surface area contributed by atoms with E-state index in [4.69, 9.17) is 9.47 Å². The van der Waals surface area contributed by atoms with E-state index in [1.165, 1.54) is 4.90 Å². The second-order valence-electron chi connectivity index (χ2n) is 8.02.